The van der Waals surface area contributed by atoms with Crippen LogP contribution in [0.3, 0.4) is 0 Å². The molecule has 8 aromatic rings. The van der Waals surface area contributed by atoms with Gasteiger partial charge in [0.05, 0.1) is 16.6 Å². The van der Waals surface area contributed by atoms with Crippen molar-refractivity contribution in [3.05, 3.63) is 135 Å². The summed E-state index contributed by atoms with van der Waals surface area (Å²) < 4.78 is 3.59. The van der Waals surface area contributed by atoms with Gasteiger partial charge in [0.1, 0.15) is 11.6 Å². The average Bonchev–Trinajstić information content (AvgIpc) is 3.78. The smallest absolute Gasteiger partial charge is 0.247 e. The zero-order valence-corrected chi connectivity index (χ0v) is 45.6. The minimum absolute atomic E-state index is 0. The van der Waals surface area contributed by atoms with Gasteiger partial charge in [0.25, 0.3) is 0 Å². The second kappa shape index (κ2) is 17.3. The van der Waals surface area contributed by atoms with E-state index < -0.39 is 0 Å². The third kappa shape index (κ3) is 8.58. The number of benzene rings is 5. The standard InChI is InChI=1S/C60H67BN3OS.Pt/c1-33(2)42-18-17-19-43(34(3)4)51(42)61-47-22-21-45(38-28-39(30-41(29-38)60(14,15)16)52-56-44(24-25-62-52)37(7)50(66-56)32-58(8,9)10)53-54(47)64(49-23-20-40(31-48(49)61)59(11,12)13)57(63-53)46-27-35(5)26-36(6)55(46)65;/h17-27,29-31,33-34,65H,32H2,1-16H3;/q-1;. The molecule has 9 rings (SSSR count). The molecule has 0 bridgehead atoms. The summed E-state index contributed by atoms with van der Waals surface area (Å²) in [5, 5.41) is 13.3. The third-order valence-corrected chi connectivity index (χ3v) is 15.2. The summed E-state index contributed by atoms with van der Waals surface area (Å²) >= 11 is 1.89. The summed E-state index contributed by atoms with van der Waals surface area (Å²) in [5.41, 5.74) is 20.2. The van der Waals surface area contributed by atoms with Crippen molar-refractivity contribution in [3.8, 4) is 45.2 Å². The first-order chi connectivity index (χ1) is 30.9. The number of aromatic nitrogens is 3. The Labute approximate surface area is 419 Å². The molecule has 0 saturated heterocycles. The molecule has 0 radical (unpaired) electrons. The van der Waals surface area contributed by atoms with Crippen LogP contribution in [-0.4, -0.2) is 26.4 Å². The molecule has 0 atom stereocenters. The van der Waals surface area contributed by atoms with Crippen LogP contribution in [0.4, 0.5) is 0 Å². The number of thiophene rings is 1. The molecule has 0 aliphatic carbocycles. The molecule has 5 aromatic carbocycles. The summed E-state index contributed by atoms with van der Waals surface area (Å²) in [6.45, 7) is 36.4. The van der Waals surface area contributed by atoms with Crippen molar-refractivity contribution in [2.24, 2.45) is 5.41 Å². The second-order valence-corrected chi connectivity index (χ2v) is 24.2. The van der Waals surface area contributed by atoms with Gasteiger partial charge >= 0.3 is 0 Å². The van der Waals surface area contributed by atoms with E-state index in [-0.39, 0.29) is 49.8 Å². The van der Waals surface area contributed by atoms with E-state index in [2.05, 4.69) is 193 Å². The topological polar surface area (TPSA) is 50.9 Å². The minimum Gasteiger partial charge on any atom is -0.507 e. The average molecular weight is 1080 g/mol. The van der Waals surface area contributed by atoms with Crippen LogP contribution in [0.5, 0.6) is 5.75 Å². The van der Waals surface area contributed by atoms with E-state index in [1.807, 2.05) is 24.5 Å². The number of imidazole rings is 1. The number of nitrogens with zero attached hydrogens (tertiary/aromatic N) is 3. The first-order valence-corrected chi connectivity index (χ1v) is 24.8. The molecule has 0 amide bonds. The van der Waals surface area contributed by atoms with Gasteiger partial charge in [-0.3, -0.25) is 9.55 Å². The Balaban J connectivity index is 0.00000608. The first kappa shape index (κ1) is 48.7. The van der Waals surface area contributed by atoms with E-state index in [9.17, 15) is 5.11 Å². The number of aryl methyl sites for hydroxylation is 3. The summed E-state index contributed by atoms with van der Waals surface area (Å²) in [4.78, 5) is 12.3. The van der Waals surface area contributed by atoms with E-state index in [0.29, 0.717) is 11.8 Å². The number of fused-ring (bicyclic) bond motifs is 3. The fourth-order valence-corrected chi connectivity index (χ4v) is 12.0. The largest absolute Gasteiger partial charge is 0.507 e. The van der Waals surface area contributed by atoms with E-state index in [1.54, 1.807) is 0 Å². The van der Waals surface area contributed by atoms with Crippen LogP contribution in [0, 0.1) is 32.3 Å². The number of hydrogen-bond donors (Lipinski definition) is 1. The van der Waals surface area contributed by atoms with Gasteiger partial charge in [0, 0.05) is 48.2 Å². The summed E-state index contributed by atoms with van der Waals surface area (Å²) in [5.74, 6) is 1.64. The van der Waals surface area contributed by atoms with Gasteiger partial charge in [-0.1, -0.05) is 155 Å². The predicted octanol–water partition coefficient (Wildman–Crippen LogP) is 14.3. The Morgan fingerprint density at radius 1 is 0.731 bits per heavy atom. The Hall–Kier alpha value is -4.77. The van der Waals surface area contributed by atoms with Crippen LogP contribution >= 0.6 is 11.3 Å². The zero-order chi connectivity index (χ0) is 47.5. The fourth-order valence-electron chi connectivity index (χ4n) is 10.4. The molecule has 0 saturated carbocycles. The fraction of sp³-hybridized carbons (Fsp3) is 0.367. The van der Waals surface area contributed by atoms with Crippen LogP contribution in [-0.2, 0) is 38.3 Å². The van der Waals surface area contributed by atoms with Gasteiger partial charge in [-0.2, -0.15) is 0 Å². The number of aromatic hydroxyl groups is 1. The summed E-state index contributed by atoms with van der Waals surface area (Å²) in [7, 11) is 0. The van der Waals surface area contributed by atoms with Crippen molar-refractivity contribution in [1.29, 1.82) is 0 Å². The van der Waals surface area contributed by atoms with Gasteiger partial charge in [-0.15, -0.1) is 40.7 Å². The molecule has 0 unspecified atom stereocenters. The van der Waals surface area contributed by atoms with E-state index >= 15 is 0 Å². The normalized spacial score (nSPS) is 13.0. The molecule has 0 spiro atoms. The van der Waals surface area contributed by atoms with Gasteiger partial charge in [0.2, 0.25) is 6.71 Å². The molecule has 7 heteroatoms. The SMILES string of the molecule is Cc1cc(C)c(O)c(-c2nc3c(-c4[c-]c(-c5nccc6c(C)c(CC(C)(C)C)sc56)cc(C(C)(C)C)c4)ccc4c3n2-c2ccc(C(C)(C)C)cc2B4c2c(C(C)C)cccc2C(C)C)c1.[Pt]. The van der Waals surface area contributed by atoms with Crippen molar-refractivity contribution >= 4 is 55.6 Å². The molecular weight excluding hydrogens is 1020 g/mol. The van der Waals surface area contributed by atoms with Gasteiger partial charge < -0.3 is 5.11 Å². The molecule has 1 aliphatic heterocycles. The Morgan fingerprint density at radius 3 is 2.01 bits per heavy atom. The quantitative estimate of drug-likeness (QED) is 0.128. The maximum atomic E-state index is 12.0. The molecular formula is C60H67BN3OPtS-. The maximum absolute atomic E-state index is 12.0. The number of pyridine rings is 1. The molecule has 0 fully saturated rings. The minimum atomic E-state index is -0.155. The Kier molecular flexibility index (Phi) is 12.6. The Morgan fingerprint density at radius 2 is 1.39 bits per heavy atom. The third-order valence-electron chi connectivity index (χ3n) is 13.9. The van der Waals surface area contributed by atoms with Gasteiger partial charge in [-0.05, 0) is 123 Å². The van der Waals surface area contributed by atoms with Crippen molar-refractivity contribution in [1.82, 2.24) is 14.5 Å². The van der Waals surface area contributed by atoms with Crippen molar-refractivity contribution in [3.63, 3.8) is 0 Å². The van der Waals surface area contributed by atoms with E-state index in [1.165, 1.54) is 59.2 Å². The molecule has 4 nitrogen and oxygen atoms in total. The summed E-state index contributed by atoms with van der Waals surface area (Å²) in [6.07, 6.45) is 2.99. The van der Waals surface area contributed by atoms with Crippen LogP contribution in [0.2, 0.25) is 0 Å². The Bertz CT molecular complexity index is 3210. The molecule has 3 aromatic heterocycles. The van der Waals surface area contributed by atoms with Crippen LogP contribution in [0.1, 0.15) is 146 Å². The van der Waals surface area contributed by atoms with Gasteiger partial charge in [-0.25, -0.2) is 4.98 Å². The number of phenolic OH excluding ortho intramolecular Hbond substituents is 1. The van der Waals surface area contributed by atoms with E-state index in [0.717, 1.165) is 68.0 Å². The number of hydrogen-bond acceptors (Lipinski definition) is 4. The molecule has 348 valence electrons. The van der Waals surface area contributed by atoms with Crippen LogP contribution < -0.4 is 16.4 Å². The van der Waals surface area contributed by atoms with Crippen molar-refractivity contribution < 1.29 is 26.2 Å². The molecule has 4 heterocycles. The zero-order valence-electron chi connectivity index (χ0n) is 42.5. The van der Waals surface area contributed by atoms with Gasteiger partial charge in [0.15, 0.2) is 0 Å². The molecule has 1 aliphatic rings. The maximum Gasteiger partial charge on any atom is 0.247 e. The molecule has 1 N–H and O–H groups in total. The summed E-state index contributed by atoms with van der Waals surface area (Å²) in [6, 6.07) is 33.7. The molecule has 67 heavy (non-hydrogen) atoms. The predicted molar refractivity (Wildman–Crippen MR) is 285 cm³/mol. The van der Waals surface area contributed by atoms with Crippen molar-refractivity contribution in [2.75, 3.05) is 0 Å². The second-order valence-electron chi connectivity index (χ2n) is 23.1. The first-order valence-electron chi connectivity index (χ1n) is 24.0. The van der Waals surface area contributed by atoms with Crippen LogP contribution in [0.25, 0.3) is 60.6 Å². The van der Waals surface area contributed by atoms with Crippen molar-refractivity contribution in [2.45, 2.75) is 140 Å². The van der Waals surface area contributed by atoms with Crippen LogP contribution in [0.15, 0.2) is 85.1 Å². The number of phenols is 1. The van der Waals surface area contributed by atoms with E-state index in [4.69, 9.17) is 9.97 Å². The monoisotopic (exact) mass is 1080 g/mol. The number of rotatable bonds is 7.